The Morgan fingerprint density at radius 2 is 1.70 bits per heavy atom. The Balaban J connectivity index is 2.20. The van der Waals surface area contributed by atoms with Crippen molar-refractivity contribution in [3.05, 3.63) is 0 Å². The molecule has 116 valence electrons. The number of hydrogen-bond donors (Lipinski definition) is 0. The van der Waals surface area contributed by atoms with E-state index in [2.05, 4.69) is 13.8 Å². The van der Waals surface area contributed by atoms with Gasteiger partial charge in [-0.25, -0.2) is 0 Å². The molecule has 2 aliphatic rings. The van der Waals surface area contributed by atoms with Crippen molar-refractivity contribution in [2.45, 2.75) is 78.2 Å². The van der Waals surface area contributed by atoms with Crippen LogP contribution in [0.1, 0.15) is 72.6 Å². The van der Waals surface area contributed by atoms with Crippen molar-refractivity contribution in [1.82, 2.24) is 0 Å². The van der Waals surface area contributed by atoms with Crippen LogP contribution in [-0.4, -0.2) is 24.8 Å². The number of hydrogen-bond acceptors (Lipinski definition) is 3. The summed E-state index contributed by atoms with van der Waals surface area (Å²) in [6, 6.07) is 0. The SMILES string of the molecule is CCC(C)(C)C(=O)OC1(C2(C)CCOCC2)CCCC1. The van der Waals surface area contributed by atoms with Gasteiger partial charge in [-0.1, -0.05) is 13.8 Å². The second-order valence-corrected chi connectivity index (χ2v) is 7.50. The van der Waals surface area contributed by atoms with E-state index in [4.69, 9.17) is 9.47 Å². The Morgan fingerprint density at radius 1 is 1.15 bits per heavy atom. The van der Waals surface area contributed by atoms with Gasteiger partial charge in [0, 0.05) is 18.6 Å². The van der Waals surface area contributed by atoms with E-state index in [0.717, 1.165) is 45.3 Å². The maximum absolute atomic E-state index is 12.6. The van der Waals surface area contributed by atoms with Crippen molar-refractivity contribution >= 4 is 5.97 Å². The molecule has 1 saturated carbocycles. The molecule has 0 unspecified atom stereocenters. The summed E-state index contributed by atoms with van der Waals surface area (Å²) in [5.41, 5.74) is -0.543. The van der Waals surface area contributed by atoms with Gasteiger partial charge in [0.25, 0.3) is 0 Å². The zero-order valence-corrected chi connectivity index (χ0v) is 13.6. The van der Waals surface area contributed by atoms with E-state index in [9.17, 15) is 4.79 Å². The zero-order valence-electron chi connectivity index (χ0n) is 13.6. The van der Waals surface area contributed by atoms with Crippen LogP contribution in [0.4, 0.5) is 0 Å². The van der Waals surface area contributed by atoms with Crippen molar-refractivity contribution in [2.75, 3.05) is 13.2 Å². The predicted molar refractivity (Wildman–Crippen MR) is 79.5 cm³/mol. The summed E-state index contributed by atoms with van der Waals surface area (Å²) in [6.45, 7) is 9.93. The van der Waals surface area contributed by atoms with Crippen LogP contribution in [0.3, 0.4) is 0 Å². The molecule has 0 aromatic heterocycles. The predicted octanol–water partition coefficient (Wildman–Crippen LogP) is 4.10. The highest BCUT2D eigenvalue weighted by Crippen LogP contribution is 2.52. The third-order valence-electron chi connectivity index (χ3n) is 5.83. The summed E-state index contributed by atoms with van der Waals surface area (Å²) in [5.74, 6) is -0.0189. The van der Waals surface area contributed by atoms with Crippen LogP contribution in [0.25, 0.3) is 0 Å². The minimum atomic E-state index is -0.378. The summed E-state index contributed by atoms with van der Waals surface area (Å²) in [4.78, 5) is 12.6. The van der Waals surface area contributed by atoms with E-state index >= 15 is 0 Å². The summed E-state index contributed by atoms with van der Waals surface area (Å²) in [6.07, 6.45) is 7.23. The van der Waals surface area contributed by atoms with Crippen LogP contribution in [0.2, 0.25) is 0 Å². The molecule has 1 heterocycles. The second kappa shape index (κ2) is 5.67. The lowest BCUT2D eigenvalue weighted by atomic mass is 9.67. The molecular weight excluding hydrogens is 252 g/mol. The first-order valence-corrected chi connectivity index (χ1v) is 8.16. The molecular formula is C17H30O3. The van der Waals surface area contributed by atoms with Crippen LogP contribution in [0, 0.1) is 10.8 Å². The second-order valence-electron chi connectivity index (χ2n) is 7.50. The van der Waals surface area contributed by atoms with Gasteiger partial charge >= 0.3 is 5.97 Å². The zero-order chi connectivity index (χ0) is 14.9. The third kappa shape index (κ3) is 2.74. The maximum Gasteiger partial charge on any atom is 0.312 e. The molecule has 2 rings (SSSR count). The highest BCUT2D eigenvalue weighted by atomic mass is 16.6. The maximum atomic E-state index is 12.6. The summed E-state index contributed by atoms with van der Waals surface area (Å²) in [5, 5.41) is 0. The Hall–Kier alpha value is -0.570. The third-order valence-corrected chi connectivity index (χ3v) is 5.83. The molecule has 0 atom stereocenters. The fourth-order valence-corrected chi connectivity index (χ4v) is 3.51. The first-order valence-electron chi connectivity index (χ1n) is 8.16. The van der Waals surface area contributed by atoms with Gasteiger partial charge in [0.1, 0.15) is 5.60 Å². The molecule has 0 aromatic rings. The Bertz CT molecular complexity index is 347. The van der Waals surface area contributed by atoms with Crippen molar-refractivity contribution < 1.29 is 14.3 Å². The quantitative estimate of drug-likeness (QED) is 0.728. The van der Waals surface area contributed by atoms with E-state index in [0.29, 0.717) is 0 Å². The fourth-order valence-electron chi connectivity index (χ4n) is 3.51. The summed E-state index contributed by atoms with van der Waals surface area (Å²) >= 11 is 0. The van der Waals surface area contributed by atoms with E-state index < -0.39 is 0 Å². The van der Waals surface area contributed by atoms with E-state index in [1.165, 1.54) is 12.8 Å². The average molecular weight is 282 g/mol. The Kier molecular flexibility index (Phi) is 4.48. The lowest BCUT2D eigenvalue weighted by Gasteiger charge is -2.48. The Labute approximate surface area is 123 Å². The molecule has 0 N–H and O–H groups in total. The highest BCUT2D eigenvalue weighted by molar-refractivity contribution is 5.76. The van der Waals surface area contributed by atoms with Gasteiger partial charge in [-0.15, -0.1) is 0 Å². The molecule has 1 saturated heterocycles. The van der Waals surface area contributed by atoms with Crippen molar-refractivity contribution in [3.63, 3.8) is 0 Å². The van der Waals surface area contributed by atoms with Crippen LogP contribution in [-0.2, 0) is 14.3 Å². The topological polar surface area (TPSA) is 35.5 Å². The molecule has 0 spiro atoms. The summed E-state index contributed by atoms with van der Waals surface area (Å²) < 4.78 is 11.7. The van der Waals surface area contributed by atoms with Gasteiger partial charge in [-0.05, 0) is 58.8 Å². The summed E-state index contributed by atoms with van der Waals surface area (Å²) in [7, 11) is 0. The number of esters is 1. The van der Waals surface area contributed by atoms with Gasteiger partial charge in [0.15, 0.2) is 0 Å². The molecule has 1 aliphatic heterocycles. The number of ether oxygens (including phenoxy) is 2. The minimum Gasteiger partial charge on any atom is -0.458 e. The van der Waals surface area contributed by atoms with E-state index in [1.807, 2.05) is 13.8 Å². The van der Waals surface area contributed by atoms with Crippen molar-refractivity contribution in [3.8, 4) is 0 Å². The number of carbonyl (C=O) groups excluding carboxylic acids is 1. The molecule has 0 radical (unpaired) electrons. The van der Waals surface area contributed by atoms with E-state index in [-0.39, 0.29) is 22.4 Å². The smallest absolute Gasteiger partial charge is 0.312 e. The van der Waals surface area contributed by atoms with Gasteiger partial charge in [0.05, 0.1) is 5.41 Å². The van der Waals surface area contributed by atoms with Crippen LogP contribution >= 0.6 is 0 Å². The van der Waals surface area contributed by atoms with Crippen LogP contribution < -0.4 is 0 Å². The standard InChI is InChI=1S/C17H30O3/c1-5-15(2,3)14(18)20-17(8-6-7-9-17)16(4)10-12-19-13-11-16/h5-13H2,1-4H3. The van der Waals surface area contributed by atoms with Gasteiger partial charge in [-0.2, -0.15) is 0 Å². The minimum absolute atomic E-state index is 0.0189. The van der Waals surface area contributed by atoms with Crippen molar-refractivity contribution in [2.24, 2.45) is 10.8 Å². The average Bonchev–Trinajstić information content (AvgIpc) is 2.90. The lowest BCUT2D eigenvalue weighted by Crippen LogP contribution is -2.52. The molecule has 0 amide bonds. The van der Waals surface area contributed by atoms with Gasteiger partial charge in [-0.3, -0.25) is 4.79 Å². The van der Waals surface area contributed by atoms with Crippen LogP contribution in [0.15, 0.2) is 0 Å². The van der Waals surface area contributed by atoms with E-state index in [1.54, 1.807) is 0 Å². The monoisotopic (exact) mass is 282 g/mol. The van der Waals surface area contributed by atoms with Gasteiger partial charge in [0.2, 0.25) is 0 Å². The number of carbonyl (C=O) groups is 1. The first-order chi connectivity index (χ1) is 9.35. The molecule has 0 aromatic carbocycles. The molecule has 0 bridgehead atoms. The van der Waals surface area contributed by atoms with Crippen LogP contribution in [0.5, 0.6) is 0 Å². The largest absolute Gasteiger partial charge is 0.458 e. The lowest BCUT2D eigenvalue weighted by molar-refractivity contribution is -0.194. The van der Waals surface area contributed by atoms with Crippen molar-refractivity contribution in [1.29, 1.82) is 0 Å². The Morgan fingerprint density at radius 3 is 2.20 bits per heavy atom. The molecule has 2 fully saturated rings. The molecule has 3 nitrogen and oxygen atoms in total. The normalized spacial score (nSPS) is 25.4. The molecule has 3 heteroatoms. The molecule has 1 aliphatic carbocycles. The fraction of sp³-hybridized carbons (Fsp3) is 0.941. The molecule has 20 heavy (non-hydrogen) atoms. The number of rotatable bonds is 4. The first kappa shape index (κ1) is 15.8. The van der Waals surface area contributed by atoms with Gasteiger partial charge < -0.3 is 9.47 Å². The highest BCUT2D eigenvalue weighted by Gasteiger charge is 2.54.